The van der Waals surface area contributed by atoms with Crippen LogP contribution in [0.4, 0.5) is 0 Å². The molecule has 0 saturated carbocycles. The second-order valence-corrected chi connectivity index (χ2v) is 13.0. The summed E-state index contributed by atoms with van der Waals surface area (Å²) >= 11 is 0. The first kappa shape index (κ1) is 29.1. The predicted molar refractivity (Wildman–Crippen MR) is 212 cm³/mol. The minimum atomic E-state index is 0.699. The van der Waals surface area contributed by atoms with E-state index >= 15 is 0 Å². The fraction of sp³-hybridized carbons (Fsp3) is 0. The second kappa shape index (κ2) is 11.9. The summed E-state index contributed by atoms with van der Waals surface area (Å²) in [5, 5.41) is 7.01. The molecule has 238 valence electrons. The van der Waals surface area contributed by atoms with Crippen LogP contribution in [0.15, 0.2) is 186 Å². The van der Waals surface area contributed by atoms with Gasteiger partial charge in [0, 0.05) is 32.8 Å². The molecule has 0 saturated heterocycles. The van der Waals surface area contributed by atoms with Crippen molar-refractivity contribution >= 4 is 43.5 Å². The van der Waals surface area contributed by atoms with Crippen molar-refractivity contribution in [2.24, 2.45) is 0 Å². The van der Waals surface area contributed by atoms with E-state index in [1.807, 2.05) is 36.4 Å². The maximum Gasteiger partial charge on any atom is 0.160 e. The minimum Gasteiger partial charge on any atom is -0.455 e. The van der Waals surface area contributed by atoms with Crippen LogP contribution in [-0.4, -0.2) is 9.97 Å². The van der Waals surface area contributed by atoms with Crippen LogP contribution in [0.2, 0.25) is 0 Å². The third-order valence-electron chi connectivity index (χ3n) is 9.86. The summed E-state index contributed by atoms with van der Waals surface area (Å²) in [6.45, 7) is 0. The molecule has 0 aliphatic rings. The molecular formula is C48H30N2O. The molecule has 51 heavy (non-hydrogen) atoms. The third kappa shape index (κ3) is 5.15. The molecule has 0 N–H and O–H groups in total. The van der Waals surface area contributed by atoms with Crippen LogP contribution in [-0.2, 0) is 0 Å². The molecule has 10 rings (SSSR count). The maximum atomic E-state index is 6.59. The summed E-state index contributed by atoms with van der Waals surface area (Å²) in [5.41, 5.74) is 11.1. The van der Waals surface area contributed by atoms with Gasteiger partial charge in [0.05, 0.1) is 11.4 Å². The monoisotopic (exact) mass is 650 g/mol. The first-order chi connectivity index (χ1) is 25.2. The average molecular weight is 651 g/mol. The van der Waals surface area contributed by atoms with Crippen molar-refractivity contribution in [2.75, 3.05) is 0 Å². The summed E-state index contributed by atoms with van der Waals surface area (Å²) in [6, 6.07) is 63.9. The Hall–Kier alpha value is -6.84. The van der Waals surface area contributed by atoms with Crippen LogP contribution in [0.5, 0.6) is 0 Å². The summed E-state index contributed by atoms with van der Waals surface area (Å²) in [7, 11) is 0. The van der Waals surface area contributed by atoms with E-state index in [4.69, 9.17) is 14.4 Å². The summed E-state index contributed by atoms with van der Waals surface area (Å²) in [6.07, 6.45) is 0. The van der Waals surface area contributed by atoms with Crippen molar-refractivity contribution in [2.45, 2.75) is 0 Å². The fourth-order valence-corrected chi connectivity index (χ4v) is 7.31. The summed E-state index contributed by atoms with van der Waals surface area (Å²) in [4.78, 5) is 10.2. The summed E-state index contributed by atoms with van der Waals surface area (Å²) in [5.74, 6) is 0.699. The van der Waals surface area contributed by atoms with Gasteiger partial charge in [-0.1, -0.05) is 133 Å². The van der Waals surface area contributed by atoms with E-state index in [1.54, 1.807) is 0 Å². The molecule has 0 unspecified atom stereocenters. The van der Waals surface area contributed by atoms with Crippen LogP contribution < -0.4 is 0 Å². The highest BCUT2D eigenvalue weighted by Crippen LogP contribution is 2.40. The molecule has 8 aromatic carbocycles. The molecule has 3 heteroatoms. The molecule has 3 nitrogen and oxygen atoms in total. The minimum absolute atomic E-state index is 0.699. The molecule has 0 atom stereocenters. The van der Waals surface area contributed by atoms with Gasteiger partial charge < -0.3 is 4.42 Å². The third-order valence-corrected chi connectivity index (χ3v) is 9.86. The van der Waals surface area contributed by atoms with E-state index in [2.05, 4.69) is 146 Å². The molecule has 0 amide bonds. The fourth-order valence-electron chi connectivity index (χ4n) is 7.31. The number of aromatic nitrogens is 2. The topological polar surface area (TPSA) is 38.9 Å². The number of nitrogens with zero attached hydrogens (tertiary/aromatic N) is 2. The number of hydrogen-bond acceptors (Lipinski definition) is 3. The Morgan fingerprint density at radius 1 is 0.314 bits per heavy atom. The van der Waals surface area contributed by atoms with Gasteiger partial charge in [-0.05, 0) is 86.9 Å². The first-order valence-corrected chi connectivity index (χ1v) is 17.2. The van der Waals surface area contributed by atoms with Crippen molar-refractivity contribution in [3.8, 4) is 56.2 Å². The highest BCUT2D eigenvalue weighted by atomic mass is 16.3. The van der Waals surface area contributed by atoms with Crippen LogP contribution in [0.25, 0.3) is 99.6 Å². The van der Waals surface area contributed by atoms with Gasteiger partial charge in [-0.15, -0.1) is 0 Å². The normalized spacial score (nSPS) is 11.5. The van der Waals surface area contributed by atoms with Crippen molar-refractivity contribution in [3.63, 3.8) is 0 Å². The van der Waals surface area contributed by atoms with E-state index < -0.39 is 0 Å². The van der Waals surface area contributed by atoms with Gasteiger partial charge in [0.2, 0.25) is 0 Å². The number of fused-ring (bicyclic) bond motifs is 7. The molecule has 0 bridgehead atoms. The number of hydrogen-bond donors (Lipinski definition) is 0. The Bertz CT molecular complexity index is 2840. The van der Waals surface area contributed by atoms with Crippen LogP contribution in [0.3, 0.4) is 0 Å². The lowest BCUT2D eigenvalue weighted by atomic mass is 9.93. The molecule has 0 aliphatic carbocycles. The molecule has 2 aromatic heterocycles. The molecule has 0 aliphatic heterocycles. The lowest BCUT2D eigenvalue weighted by molar-refractivity contribution is 0.673. The summed E-state index contributed by atoms with van der Waals surface area (Å²) < 4.78 is 6.59. The highest BCUT2D eigenvalue weighted by Gasteiger charge is 2.16. The van der Waals surface area contributed by atoms with Gasteiger partial charge >= 0.3 is 0 Å². The number of benzene rings is 8. The zero-order valence-electron chi connectivity index (χ0n) is 27.6. The Labute approximate surface area is 295 Å². The van der Waals surface area contributed by atoms with Crippen molar-refractivity contribution in [1.82, 2.24) is 9.97 Å². The van der Waals surface area contributed by atoms with Gasteiger partial charge in [-0.3, -0.25) is 0 Å². The average Bonchev–Trinajstić information content (AvgIpc) is 3.60. The van der Waals surface area contributed by atoms with E-state index in [0.29, 0.717) is 5.82 Å². The Balaban J connectivity index is 1.17. The number of furan rings is 1. The molecule has 2 heterocycles. The van der Waals surface area contributed by atoms with Gasteiger partial charge in [0.1, 0.15) is 11.2 Å². The standard InChI is InChI=1S/C48H30N2O/c1-4-12-31(13-5-1)36-26-37(28-38(27-36)45-30-44(33-15-6-2-7-16-33)49-48(50-45)34-17-8-3-9-18-34)35-21-25-46-43(29-35)42-24-23-40-39-19-11-10-14-32(39)20-22-41(40)47(42)51-46/h1-30H. The highest BCUT2D eigenvalue weighted by molar-refractivity contribution is 6.20. The van der Waals surface area contributed by atoms with Gasteiger partial charge in [-0.2, -0.15) is 0 Å². The first-order valence-electron chi connectivity index (χ1n) is 17.2. The second-order valence-electron chi connectivity index (χ2n) is 13.0. The molecule has 0 spiro atoms. The van der Waals surface area contributed by atoms with Gasteiger partial charge in [0.25, 0.3) is 0 Å². The number of rotatable bonds is 5. The van der Waals surface area contributed by atoms with Gasteiger partial charge in [0.15, 0.2) is 5.82 Å². The molecule has 0 fully saturated rings. The SMILES string of the molecule is c1ccc(-c2cc(-c3ccc4oc5c(ccc6c7ccccc7ccc65)c4c3)cc(-c3cc(-c4ccccc4)nc(-c4ccccc4)n3)c2)cc1. The molecule has 0 radical (unpaired) electrons. The lowest BCUT2D eigenvalue weighted by Crippen LogP contribution is -1.96. The predicted octanol–water partition coefficient (Wildman–Crippen LogP) is 13.0. The van der Waals surface area contributed by atoms with Crippen molar-refractivity contribution in [3.05, 3.63) is 182 Å². The molecule has 10 aromatic rings. The Morgan fingerprint density at radius 3 is 1.65 bits per heavy atom. The smallest absolute Gasteiger partial charge is 0.160 e. The van der Waals surface area contributed by atoms with Crippen molar-refractivity contribution in [1.29, 1.82) is 0 Å². The van der Waals surface area contributed by atoms with E-state index in [1.165, 1.54) is 16.2 Å². The van der Waals surface area contributed by atoms with E-state index in [9.17, 15) is 0 Å². The van der Waals surface area contributed by atoms with Gasteiger partial charge in [-0.25, -0.2) is 9.97 Å². The quantitative estimate of drug-likeness (QED) is 0.174. The Kier molecular flexibility index (Phi) is 6.81. The van der Waals surface area contributed by atoms with Crippen LogP contribution >= 0.6 is 0 Å². The lowest BCUT2D eigenvalue weighted by Gasteiger charge is -2.13. The van der Waals surface area contributed by atoms with E-state index in [-0.39, 0.29) is 0 Å². The molecular weight excluding hydrogens is 621 g/mol. The zero-order valence-corrected chi connectivity index (χ0v) is 27.6. The largest absolute Gasteiger partial charge is 0.455 e. The van der Waals surface area contributed by atoms with Crippen LogP contribution in [0, 0.1) is 0 Å². The maximum absolute atomic E-state index is 6.59. The Morgan fingerprint density at radius 2 is 0.882 bits per heavy atom. The zero-order chi connectivity index (χ0) is 33.7. The van der Waals surface area contributed by atoms with Crippen molar-refractivity contribution < 1.29 is 4.42 Å². The van der Waals surface area contributed by atoms with Crippen LogP contribution in [0.1, 0.15) is 0 Å². The van der Waals surface area contributed by atoms with E-state index in [0.717, 1.165) is 77.7 Å².